The average Bonchev–Trinajstić information content (AvgIpc) is 3.20. The van der Waals surface area contributed by atoms with Gasteiger partial charge in [0, 0.05) is 30.9 Å². The average molecular weight is 288 g/mol. The molecule has 2 aromatic rings. The molecule has 6 nitrogen and oxygen atoms in total. The van der Waals surface area contributed by atoms with Gasteiger partial charge in [-0.05, 0) is 25.8 Å². The fraction of sp³-hybridized carbons (Fsp3) is 0.600. The van der Waals surface area contributed by atoms with Crippen LogP contribution in [0.5, 0.6) is 0 Å². The second-order valence-electron chi connectivity index (χ2n) is 5.96. The molecule has 0 saturated heterocycles. The molecular formula is C15H24N6. The molecule has 1 saturated carbocycles. The lowest BCUT2D eigenvalue weighted by Crippen LogP contribution is -2.30. The smallest absolute Gasteiger partial charge is 0.0644 e. The van der Waals surface area contributed by atoms with Gasteiger partial charge in [0.05, 0.1) is 24.0 Å². The van der Waals surface area contributed by atoms with Crippen molar-refractivity contribution in [1.82, 2.24) is 25.0 Å². The third-order valence-electron chi connectivity index (χ3n) is 4.63. The molecule has 1 fully saturated rings. The van der Waals surface area contributed by atoms with E-state index in [1.54, 1.807) is 0 Å². The number of hydrazine groups is 1. The lowest BCUT2D eigenvalue weighted by Gasteiger charge is -2.14. The highest BCUT2D eigenvalue weighted by molar-refractivity contribution is 5.22. The fourth-order valence-electron chi connectivity index (χ4n) is 3.18. The molecule has 0 aromatic carbocycles. The number of nitrogens with zero attached hydrogens (tertiary/aromatic N) is 4. The first-order valence-corrected chi connectivity index (χ1v) is 7.67. The van der Waals surface area contributed by atoms with E-state index < -0.39 is 0 Å². The summed E-state index contributed by atoms with van der Waals surface area (Å²) in [6, 6.07) is 2.74. The SMILES string of the molecule is Cc1c(C(Cc2ccn(C3CCCC3)n2)NN)cnn1C. The van der Waals surface area contributed by atoms with E-state index in [1.165, 1.54) is 25.7 Å². The fourth-order valence-corrected chi connectivity index (χ4v) is 3.18. The van der Waals surface area contributed by atoms with E-state index in [0.717, 1.165) is 23.4 Å². The van der Waals surface area contributed by atoms with E-state index in [0.29, 0.717) is 6.04 Å². The molecule has 2 heterocycles. The Bertz CT molecular complexity index is 593. The largest absolute Gasteiger partial charge is 0.273 e. The van der Waals surface area contributed by atoms with Crippen LogP contribution in [-0.4, -0.2) is 19.6 Å². The van der Waals surface area contributed by atoms with Crippen molar-refractivity contribution >= 4 is 0 Å². The first-order valence-electron chi connectivity index (χ1n) is 7.67. The van der Waals surface area contributed by atoms with Crippen molar-refractivity contribution in [2.24, 2.45) is 12.9 Å². The lowest BCUT2D eigenvalue weighted by atomic mass is 10.0. The van der Waals surface area contributed by atoms with Gasteiger partial charge in [-0.3, -0.25) is 20.6 Å². The summed E-state index contributed by atoms with van der Waals surface area (Å²) in [7, 11) is 1.95. The lowest BCUT2D eigenvalue weighted by molar-refractivity contribution is 0.457. The first-order chi connectivity index (χ1) is 10.2. The van der Waals surface area contributed by atoms with Crippen molar-refractivity contribution in [3.63, 3.8) is 0 Å². The predicted molar refractivity (Wildman–Crippen MR) is 81.4 cm³/mol. The molecule has 21 heavy (non-hydrogen) atoms. The van der Waals surface area contributed by atoms with Crippen LogP contribution in [0.2, 0.25) is 0 Å². The van der Waals surface area contributed by atoms with Crippen LogP contribution in [0.1, 0.15) is 54.7 Å². The molecule has 0 spiro atoms. The van der Waals surface area contributed by atoms with E-state index >= 15 is 0 Å². The van der Waals surface area contributed by atoms with E-state index in [-0.39, 0.29) is 6.04 Å². The number of aromatic nitrogens is 4. The van der Waals surface area contributed by atoms with Gasteiger partial charge in [0.1, 0.15) is 0 Å². The van der Waals surface area contributed by atoms with E-state index in [2.05, 4.69) is 34.4 Å². The van der Waals surface area contributed by atoms with Crippen LogP contribution in [0.4, 0.5) is 0 Å². The molecule has 6 heteroatoms. The van der Waals surface area contributed by atoms with Gasteiger partial charge in [0.15, 0.2) is 0 Å². The molecule has 1 aliphatic carbocycles. The summed E-state index contributed by atoms with van der Waals surface area (Å²) in [4.78, 5) is 0. The van der Waals surface area contributed by atoms with Crippen molar-refractivity contribution in [1.29, 1.82) is 0 Å². The molecule has 114 valence electrons. The Balaban J connectivity index is 1.73. The normalized spacial score (nSPS) is 17.5. The highest BCUT2D eigenvalue weighted by Gasteiger charge is 2.20. The van der Waals surface area contributed by atoms with Gasteiger partial charge >= 0.3 is 0 Å². The number of nitrogens with one attached hydrogen (secondary N) is 1. The van der Waals surface area contributed by atoms with Gasteiger partial charge in [-0.25, -0.2) is 0 Å². The van der Waals surface area contributed by atoms with Crippen LogP contribution >= 0.6 is 0 Å². The van der Waals surface area contributed by atoms with E-state index in [4.69, 9.17) is 10.9 Å². The van der Waals surface area contributed by atoms with Crippen molar-refractivity contribution in [3.8, 4) is 0 Å². The molecule has 0 aliphatic heterocycles. The predicted octanol–water partition coefficient (Wildman–Crippen LogP) is 1.79. The second-order valence-corrected chi connectivity index (χ2v) is 5.96. The maximum absolute atomic E-state index is 5.74. The number of nitrogens with two attached hydrogens (primary N) is 1. The maximum atomic E-state index is 5.74. The van der Waals surface area contributed by atoms with Gasteiger partial charge in [0.2, 0.25) is 0 Å². The van der Waals surface area contributed by atoms with Crippen molar-refractivity contribution < 1.29 is 0 Å². The van der Waals surface area contributed by atoms with Gasteiger partial charge < -0.3 is 0 Å². The van der Waals surface area contributed by atoms with Crippen LogP contribution in [-0.2, 0) is 13.5 Å². The minimum absolute atomic E-state index is 0.0469. The van der Waals surface area contributed by atoms with Gasteiger partial charge in [-0.1, -0.05) is 12.8 Å². The Labute approximate surface area is 125 Å². The van der Waals surface area contributed by atoms with Crippen LogP contribution in [0.25, 0.3) is 0 Å². The highest BCUT2D eigenvalue weighted by Crippen LogP contribution is 2.29. The Morgan fingerprint density at radius 3 is 2.81 bits per heavy atom. The van der Waals surface area contributed by atoms with Crippen LogP contribution in [0.3, 0.4) is 0 Å². The van der Waals surface area contributed by atoms with Gasteiger partial charge in [-0.15, -0.1) is 0 Å². The number of hydrogen-bond acceptors (Lipinski definition) is 4. The molecule has 3 rings (SSSR count). The Kier molecular flexibility index (Phi) is 4.07. The number of hydrogen-bond donors (Lipinski definition) is 2. The molecule has 2 aromatic heterocycles. The molecule has 1 atom stereocenters. The molecule has 0 bridgehead atoms. The molecular weight excluding hydrogens is 264 g/mol. The summed E-state index contributed by atoms with van der Waals surface area (Å²) in [5.74, 6) is 5.74. The Morgan fingerprint density at radius 2 is 2.19 bits per heavy atom. The standard InChI is InChI=1S/C15H24N6/c1-11-14(10-17-20(11)2)15(18-16)9-12-7-8-21(19-12)13-5-3-4-6-13/h7-8,10,13,15,18H,3-6,9,16H2,1-2H3. The van der Waals surface area contributed by atoms with E-state index in [1.807, 2.05) is 17.9 Å². The summed E-state index contributed by atoms with van der Waals surface area (Å²) in [6.07, 6.45) is 9.91. The minimum atomic E-state index is 0.0469. The summed E-state index contributed by atoms with van der Waals surface area (Å²) >= 11 is 0. The quantitative estimate of drug-likeness (QED) is 0.650. The summed E-state index contributed by atoms with van der Waals surface area (Å²) < 4.78 is 4.00. The molecule has 3 N–H and O–H groups in total. The van der Waals surface area contributed by atoms with Gasteiger partial charge in [-0.2, -0.15) is 10.2 Å². The summed E-state index contributed by atoms with van der Waals surface area (Å²) in [5.41, 5.74) is 6.24. The Hall–Kier alpha value is -1.66. The zero-order valence-electron chi connectivity index (χ0n) is 12.8. The zero-order chi connectivity index (χ0) is 14.8. The number of rotatable bonds is 5. The monoisotopic (exact) mass is 288 g/mol. The first kappa shape index (κ1) is 14.3. The third-order valence-corrected chi connectivity index (χ3v) is 4.63. The zero-order valence-corrected chi connectivity index (χ0v) is 12.8. The van der Waals surface area contributed by atoms with Crippen molar-refractivity contribution in [2.75, 3.05) is 0 Å². The third kappa shape index (κ3) is 2.87. The highest BCUT2D eigenvalue weighted by atomic mass is 15.3. The second kappa shape index (κ2) is 5.99. The summed E-state index contributed by atoms with van der Waals surface area (Å²) in [6.45, 7) is 2.06. The molecule has 0 amide bonds. The van der Waals surface area contributed by atoms with E-state index in [9.17, 15) is 0 Å². The maximum Gasteiger partial charge on any atom is 0.0644 e. The molecule has 1 aliphatic rings. The van der Waals surface area contributed by atoms with Crippen LogP contribution in [0, 0.1) is 6.92 Å². The Morgan fingerprint density at radius 1 is 1.43 bits per heavy atom. The molecule has 0 radical (unpaired) electrons. The van der Waals surface area contributed by atoms with Crippen molar-refractivity contribution in [3.05, 3.63) is 35.4 Å². The minimum Gasteiger partial charge on any atom is -0.273 e. The molecule has 1 unspecified atom stereocenters. The van der Waals surface area contributed by atoms with Crippen LogP contribution < -0.4 is 11.3 Å². The van der Waals surface area contributed by atoms with Crippen molar-refractivity contribution in [2.45, 2.75) is 51.1 Å². The van der Waals surface area contributed by atoms with Gasteiger partial charge in [0.25, 0.3) is 0 Å². The van der Waals surface area contributed by atoms with Crippen LogP contribution in [0.15, 0.2) is 18.5 Å². The number of aryl methyl sites for hydroxylation is 1. The summed E-state index contributed by atoms with van der Waals surface area (Å²) in [5, 5.41) is 9.03. The topological polar surface area (TPSA) is 73.7 Å².